The van der Waals surface area contributed by atoms with E-state index in [-0.39, 0.29) is 11.9 Å². The van der Waals surface area contributed by atoms with Crippen molar-refractivity contribution in [3.8, 4) is 0 Å². The molecule has 0 N–H and O–H groups in total. The Balaban J connectivity index is 1.74. The van der Waals surface area contributed by atoms with Gasteiger partial charge in [0.25, 0.3) is 5.91 Å². The molecular formula is C20H28N4O. The van der Waals surface area contributed by atoms with Crippen LogP contribution in [0.2, 0.25) is 0 Å². The van der Waals surface area contributed by atoms with E-state index in [0.717, 1.165) is 43.0 Å². The van der Waals surface area contributed by atoms with Crippen LogP contribution in [0, 0.1) is 0 Å². The maximum Gasteiger partial charge on any atom is 0.254 e. The molecule has 5 heteroatoms. The number of aromatic nitrogens is 2. The fraction of sp³-hybridized carbons (Fsp3) is 0.500. The number of likely N-dealkylation sites (tertiary alicyclic amines) is 1. The van der Waals surface area contributed by atoms with E-state index in [0.29, 0.717) is 5.92 Å². The molecule has 25 heavy (non-hydrogen) atoms. The number of imidazole rings is 1. The fourth-order valence-electron chi connectivity index (χ4n) is 3.56. The van der Waals surface area contributed by atoms with Gasteiger partial charge in [0.1, 0.15) is 5.82 Å². The summed E-state index contributed by atoms with van der Waals surface area (Å²) in [4.78, 5) is 21.5. The Bertz CT molecular complexity index is 718. The second-order valence-electron chi connectivity index (χ2n) is 7.33. The highest BCUT2D eigenvalue weighted by Crippen LogP contribution is 2.24. The zero-order valence-electron chi connectivity index (χ0n) is 15.6. The van der Waals surface area contributed by atoms with Crippen LogP contribution in [0.15, 0.2) is 36.7 Å². The van der Waals surface area contributed by atoms with Gasteiger partial charge in [-0.3, -0.25) is 4.79 Å². The third-order valence-electron chi connectivity index (χ3n) is 4.94. The second kappa shape index (κ2) is 7.30. The quantitative estimate of drug-likeness (QED) is 0.838. The Morgan fingerprint density at radius 2 is 2.00 bits per heavy atom. The number of amides is 1. The van der Waals surface area contributed by atoms with Gasteiger partial charge in [-0.25, -0.2) is 4.98 Å². The summed E-state index contributed by atoms with van der Waals surface area (Å²) >= 11 is 0. The van der Waals surface area contributed by atoms with E-state index in [1.54, 1.807) is 0 Å². The molecule has 0 unspecified atom stereocenters. The first-order valence-electron chi connectivity index (χ1n) is 9.06. The molecule has 3 rings (SSSR count). The molecule has 0 saturated carbocycles. The van der Waals surface area contributed by atoms with Gasteiger partial charge in [0.15, 0.2) is 0 Å². The van der Waals surface area contributed by atoms with E-state index in [1.165, 1.54) is 0 Å². The molecule has 1 aromatic heterocycles. The summed E-state index contributed by atoms with van der Waals surface area (Å²) in [5.74, 6) is 1.62. The zero-order valence-corrected chi connectivity index (χ0v) is 15.6. The molecule has 2 heterocycles. The number of carbonyl (C=O) groups is 1. The van der Waals surface area contributed by atoms with Crippen LogP contribution in [0.1, 0.15) is 48.8 Å². The predicted octanol–water partition coefficient (Wildman–Crippen LogP) is 3.38. The van der Waals surface area contributed by atoms with E-state index in [2.05, 4.69) is 23.4 Å². The Morgan fingerprint density at radius 3 is 2.64 bits per heavy atom. The number of benzene rings is 1. The van der Waals surface area contributed by atoms with Gasteiger partial charge in [-0.1, -0.05) is 13.8 Å². The molecule has 0 bridgehead atoms. The van der Waals surface area contributed by atoms with Crippen molar-refractivity contribution in [2.75, 3.05) is 25.5 Å². The highest BCUT2D eigenvalue weighted by Gasteiger charge is 2.30. The van der Waals surface area contributed by atoms with Gasteiger partial charge in [-0.05, 0) is 37.1 Å². The highest BCUT2D eigenvalue weighted by molar-refractivity contribution is 5.95. The van der Waals surface area contributed by atoms with Crippen LogP contribution >= 0.6 is 0 Å². The van der Waals surface area contributed by atoms with Crippen molar-refractivity contribution in [1.29, 1.82) is 0 Å². The van der Waals surface area contributed by atoms with Gasteiger partial charge < -0.3 is 14.4 Å². The molecule has 5 nitrogen and oxygen atoms in total. The minimum atomic E-state index is 0.138. The largest absolute Gasteiger partial charge is 0.378 e. The number of carbonyl (C=O) groups excluding carboxylic acids is 1. The molecule has 1 fully saturated rings. The smallest absolute Gasteiger partial charge is 0.254 e. The standard InChI is InChI=1S/C20H28N4O/c1-15(2)19-21-11-13-23(19)14-18-6-5-12-24(18)20(25)16-7-9-17(10-8-16)22(3)4/h7-11,13,15,18H,5-6,12,14H2,1-4H3/t18-/m1/s1. The maximum atomic E-state index is 13.0. The van der Waals surface area contributed by atoms with E-state index < -0.39 is 0 Å². The summed E-state index contributed by atoms with van der Waals surface area (Å²) < 4.78 is 2.20. The van der Waals surface area contributed by atoms with Crippen LogP contribution in [0.25, 0.3) is 0 Å². The molecule has 1 aromatic carbocycles. The Kier molecular flexibility index (Phi) is 5.11. The molecule has 0 aliphatic carbocycles. The fourth-order valence-corrected chi connectivity index (χ4v) is 3.56. The zero-order chi connectivity index (χ0) is 18.0. The van der Waals surface area contributed by atoms with E-state index >= 15 is 0 Å². The molecule has 1 saturated heterocycles. The topological polar surface area (TPSA) is 41.4 Å². The summed E-state index contributed by atoms with van der Waals surface area (Å²) in [6.07, 6.45) is 6.01. The molecular weight excluding hydrogens is 312 g/mol. The van der Waals surface area contributed by atoms with Crippen molar-refractivity contribution in [3.05, 3.63) is 48.0 Å². The van der Waals surface area contributed by atoms with Crippen LogP contribution < -0.4 is 4.90 Å². The first-order chi connectivity index (χ1) is 12.0. The number of rotatable bonds is 5. The summed E-state index contributed by atoms with van der Waals surface area (Å²) in [5, 5.41) is 0. The second-order valence-corrected chi connectivity index (χ2v) is 7.33. The number of hydrogen-bond acceptors (Lipinski definition) is 3. The summed E-state index contributed by atoms with van der Waals surface area (Å²) in [6.45, 7) is 5.98. The Morgan fingerprint density at radius 1 is 1.28 bits per heavy atom. The van der Waals surface area contributed by atoms with Crippen molar-refractivity contribution >= 4 is 11.6 Å². The first kappa shape index (κ1) is 17.5. The summed E-state index contributed by atoms with van der Waals surface area (Å²) in [6, 6.07) is 8.12. The van der Waals surface area contributed by atoms with Gasteiger partial charge in [0.2, 0.25) is 0 Å². The lowest BCUT2D eigenvalue weighted by Crippen LogP contribution is -2.38. The average molecular weight is 340 g/mol. The monoisotopic (exact) mass is 340 g/mol. The van der Waals surface area contributed by atoms with Gasteiger partial charge >= 0.3 is 0 Å². The third kappa shape index (κ3) is 3.70. The normalized spacial score (nSPS) is 17.3. The summed E-state index contributed by atoms with van der Waals surface area (Å²) in [7, 11) is 4.01. The van der Waals surface area contributed by atoms with Crippen molar-refractivity contribution in [3.63, 3.8) is 0 Å². The lowest BCUT2D eigenvalue weighted by atomic mass is 10.1. The van der Waals surface area contributed by atoms with Crippen LogP contribution in [0.5, 0.6) is 0 Å². The lowest BCUT2D eigenvalue weighted by molar-refractivity contribution is 0.0723. The number of nitrogens with zero attached hydrogens (tertiary/aromatic N) is 4. The molecule has 0 spiro atoms. The van der Waals surface area contributed by atoms with E-state index in [4.69, 9.17) is 0 Å². The maximum absolute atomic E-state index is 13.0. The van der Waals surface area contributed by atoms with E-state index in [9.17, 15) is 4.79 Å². The van der Waals surface area contributed by atoms with Crippen LogP contribution in [-0.2, 0) is 6.54 Å². The number of hydrogen-bond donors (Lipinski definition) is 0. The predicted molar refractivity (Wildman–Crippen MR) is 101 cm³/mol. The SMILES string of the molecule is CC(C)c1nccn1C[C@H]1CCCN1C(=O)c1ccc(N(C)C)cc1. The molecule has 2 aromatic rings. The van der Waals surface area contributed by atoms with Crippen LogP contribution in [-0.4, -0.2) is 47.0 Å². The molecule has 1 aliphatic rings. The Hall–Kier alpha value is -2.30. The van der Waals surface area contributed by atoms with Crippen molar-refractivity contribution in [1.82, 2.24) is 14.5 Å². The first-order valence-corrected chi connectivity index (χ1v) is 9.06. The molecule has 1 aliphatic heterocycles. The molecule has 1 atom stereocenters. The van der Waals surface area contributed by atoms with E-state index in [1.807, 2.05) is 60.6 Å². The molecule has 1 amide bonds. The lowest BCUT2D eigenvalue weighted by Gasteiger charge is -2.26. The third-order valence-corrected chi connectivity index (χ3v) is 4.94. The minimum absolute atomic E-state index is 0.138. The Labute approximate surface area is 150 Å². The molecule has 134 valence electrons. The van der Waals surface area contributed by atoms with Crippen LogP contribution in [0.4, 0.5) is 5.69 Å². The highest BCUT2D eigenvalue weighted by atomic mass is 16.2. The van der Waals surface area contributed by atoms with Gasteiger partial charge in [-0.15, -0.1) is 0 Å². The molecule has 0 radical (unpaired) electrons. The average Bonchev–Trinajstić information content (AvgIpc) is 3.24. The number of anilines is 1. The van der Waals surface area contributed by atoms with Crippen molar-refractivity contribution in [2.45, 2.75) is 45.2 Å². The van der Waals surface area contributed by atoms with Crippen molar-refractivity contribution < 1.29 is 4.79 Å². The summed E-state index contributed by atoms with van der Waals surface area (Å²) in [5.41, 5.74) is 1.88. The van der Waals surface area contributed by atoms with Gasteiger partial charge in [0.05, 0.1) is 6.04 Å². The van der Waals surface area contributed by atoms with Crippen molar-refractivity contribution in [2.24, 2.45) is 0 Å². The van der Waals surface area contributed by atoms with Gasteiger partial charge in [0, 0.05) is 56.7 Å². The van der Waals surface area contributed by atoms with Gasteiger partial charge in [-0.2, -0.15) is 0 Å². The minimum Gasteiger partial charge on any atom is -0.378 e. The van der Waals surface area contributed by atoms with Crippen LogP contribution in [0.3, 0.4) is 0 Å².